The van der Waals surface area contributed by atoms with E-state index in [1.807, 2.05) is 12.1 Å². The van der Waals surface area contributed by atoms with E-state index in [0.717, 1.165) is 35.2 Å². The maximum Gasteiger partial charge on any atom is 0.201 e. The molecular formula is C16H19N3O. The quantitative estimate of drug-likeness (QED) is 0.785. The Balaban J connectivity index is 1.89. The van der Waals surface area contributed by atoms with Crippen LogP contribution in [0.5, 0.6) is 0 Å². The summed E-state index contributed by atoms with van der Waals surface area (Å²) in [6.07, 6.45) is 3.58. The van der Waals surface area contributed by atoms with E-state index in [9.17, 15) is 0 Å². The number of nitrogen functional groups attached to an aromatic ring is 1. The largest absolute Gasteiger partial charge is 0.469 e. The van der Waals surface area contributed by atoms with Gasteiger partial charge in [0.15, 0.2) is 0 Å². The van der Waals surface area contributed by atoms with E-state index in [-0.39, 0.29) is 6.04 Å². The summed E-state index contributed by atoms with van der Waals surface area (Å²) in [4.78, 5) is 4.50. The molecule has 104 valence electrons. The summed E-state index contributed by atoms with van der Waals surface area (Å²) < 4.78 is 7.50. The molecule has 0 fully saturated rings. The van der Waals surface area contributed by atoms with Crippen LogP contribution in [0.3, 0.4) is 0 Å². The van der Waals surface area contributed by atoms with Crippen molar-refractivity contribution >= 4 is 17.0 Å². The fourth-order valence-corrected chi connectivity index (χ4v) is 2.67. The Morgan fingerprint density at radius 3 is 2.90 bits per heavy atom. The highest BCUT2D eigenvalue weighted by Gasteiger charge is 2.15. The van der Waals surface area contributed by atoms with Gasteiger partial charge in [0.2, 0.25) is 5.95 Å². The van der Waals surface area contributed by atoms with Crippen molar-refractivity contribution in [1.29, 1.82) is 0 Å². The minimum atomic E-state index is 0.284. The number of aromatic nitrogens is 2. The van der Waals surface area contributed by atoms with Gasteiger partial charge in [-0.3, -0.25) is 0 Å². The molecule has 20 heavy (non-hydrogen) atoms. The summed E-state index contributed by atoms with van der Waals surface area (Å²) in [5, 5.41) is 0. The summed E-state index contributed by atoms with van der Waals surface area (Å²) in [5.74, 6) is 1.59. The van der Waals surface area contributed by atoms with E-state index in [1.54, 1.807) is 6.26 Å². The van der Waals surface area contributed by atoms with E-state index in [2.05, 4.69) is 41.6 Å². The molecule has 0 amide bonds. The zero-order valence-electron chi connectivity index (χ0n) is 11.8. The van der Waals surface area contributed by atoms with Gasteiger partial charge in [-0.2, -0.15) is 0 Å². The average Bonchev–Trinajstić information content (AvgIpc) is 3.04. The van der Waals surface area contributed by atoms with Crippen molar-refractivity contribution in [3.05, 3.63) is 47.9 Å². The first-order valence-electron chi connectivity index (χ1n) is 6.92. The summed E-state index contributed by atoms with van der Waals surface area (Å²) >= 11 is 0. The van der Waals surface area contributed by atoms with Crippen LogP contribution in [0.1, 0.15) is 30.7 Å². The van der Waals surface area contributed by atoms with Crippen molar-refractivity contribution in [2.24, 2.45) is 0 Å². The highest BCUT2D eigenvalue weighted by molar-refractivity contribution is 5.81. The van der Waals surface area contributed by atoms with E-state index < -0.39 is 0 Å². The molecule has 0 saturated heterocycles. The van der Waals surface area contributed by atoms with Gasteiger partial charge in [0.25, 0.3) is 0 Å². The number of imidazole rings is 1. The molecule has 2 N–H and O–H groups in total. The second-order valence-corrected chi connectivity index (χ2v) is 5.25. The van der Waals surface area contributed by atoms with Crippen molar-refractivity contribution in [2.75, 3.05) is 5.73 Å². The molecule has 0 aliphatic rings. The number of furan rings is 1. The predicted molar refractivity (Wildman–Crippen MR) is 80.6 cm³/mol. The second-order valence-electron chi connectivity index (χ2n) is 5.25. The highest BCUT2D eigenvalue weighted by atomic mass is 16.3. The predicted octanol–water partition coefficient (Wildman–Crippen LogP) is 3.71. The summed E-state index contributed by atoms with van der Waals surface area (Å²) in [6, 6.07) is 10.4. The van der Waals surface area contributed by atoms with Crippen molar-refractivity contribution in [3.63, 3.8) is 0 Å². The topological polar surface area (TPSA) is 57.0 Å². The van der Waals surface area contributed by atoms with Crippen LogP contribution in [0.4, 0.5) is 5.95 Å². The van der Waals surface area contributed by atoms with Crippen molar-refractivity contribution in [1.82, 2.24) is 9.55 Å². The Morgan fingerprint density at radius 2 is 2.15 bits per heavy atom. The zero-order valence-corrected chi connectivity index (χ0v) is 11.8. The normalized spacial score (nSPS) is 12.9. The van der Waals surface area contributed by atoms with Crippen LogP contribution >= 0.6 is 0 Å². The smallest absolute Gasteiger partial charge is 0.201 e. The van der Waals surface area contributed by atoms with Gasteiger partial charge in [-0.05, 0) is 44.0 Å². The van der Waals surface area contributed by atoms with Gasteiger partial charge in [0.05, 0.1) is 17.3 Å². The van der Waals surface area contributed by atoms with Crippen molar-refractivity contribution in [2.45, 2.75) is 32.7 Å². The molecule has 2 aromatic heterocycles. The molecule has 0 radical (unpaired) electrons. The molecule has 0 aliphatic carbocycles. The van der Waals surface area contributed by atoms with E-state index >= 15 is 0 Å². The number of anilines is 1. The molecule has 0 spiro atoms. The Morgan fingerprint density at radius 1 is 1.30 bits per heavy atom. The first-order chi connectivity index (χ1) is 9.66. The first-order valence-corrected chi connectivity index (χ1v) is 6.92. The number of benzene rings is 1. The zero-order chi connectivity index (χ0) is 14.1. The lowest BCUT2D eigenvalue weighted by Crippen LogP contribution is -2.09. The van der Waals surface area contributed by atoms with Gasteiger partial charge in [0.1, 0.15) is 5.76 Å². The Hall–Kier alpha value is -2.23. The number of nitrogens with zero attached hydrogens (tertiary/aromatic N) is 2. The van der Waals surface area contributed by atoms with Gasteiger partial charge >= 0.3 is 0 Å². The molecule has 0 aliphatic heterocycles. The number of hydrogen-bond donors (Lipinski definition) is 1. The monoisotopic (exact) mass is 269 g/mol. The van der Waals surface area contributed by atoms with Crippen LogP contribution < -0.4 is 5.73 Å². The standard InChI is InChI=1S/C16H19N3O/c1-11-5-3-7-14-15(11)18-16(17)19(14)12(2)8-9-13-6-4-10-20-13/h3-7,10,12H,8-9H2,1-2H3,(H2,17,18). The lowest BCUT2D eigenvalue weighted by Gasteiger charge is -2.15. The first kappa shape index (κ1) is 12.8. The van der Waals surface area contributed by atoms with E-state index in [4.69, 9.17) is 10.2 Å². The summed E-state index contributed by atoms with van der Waals surface area (Å²) in [5.41, 5.74) is 9.36. The molecule has 4 nitrogen and oxygen atoms in total. The molecule has 1 unspecified atom stereocenters. The highest BCUT2D eigenvalue weighted by Crippen LogP contribution is 2.27. The third kappa shape index (κ3) is 2.18. The summed E-state index contributed by atoms with van der Waals surface area (Å²) in [7, 11) is 0. The molecule has 3 aromatic rings. The van der Waals surface area contributed by atoms with Crippen LogP contribution in [-0.4, -0.2) is 9.55 Å². The third-order valence-electron chi connectivity index (χ3n) is 3.78. The molecular weight excluding hydrogens is 250 g/mol. The maximum atomic E-state index is 6.10. The number of para-hydroxylation sites is 1. The SMILES string of the molecule is Cc1cccc2c1nc(N)n2C(C)CCc1ccco1. The number of nitrogens with two attached hydrogens (primary N) is 1. The van der Waals surface area contributed by atoms with Crippen LogP contribution in [0.2, 0.25) is 0 Å². The van der Waals surface area contributed by atoms with Crippen molar-refractivity contribution in [3.8, 4) is 0 Å². The molecule has 0 saturated carbocycles. The fourth-order valence-electron chi connectivity index (χ4n) is 2.67. The van der Waals surface area contributed by atoms with Crippen LogP contribution in [0, 0.1) is 6.92 Å². The van der Waals surface area contributed by atoms with Gasteiger partial charge < -0.3 is 14.7 Å². The second kappa shape index (κ2) is 5.04. The average molecular weight is 269 g/mol. The summed E-state index contributed by atoms with van der Waals surface area (Å²) in [6.45, 7) is 4.23. The molecule has 1 aromatic carbocycles. The Bertz CT molecular complexity index is 713. The van der Waals surface area contributed by atoms with Gasteiger partial charge in [-0.1, -0.05) is 12.1 Å². The minimum Gasteiger partial charge on any atom is -0.469 e. The lowest BCUT2D eigenvalue weighted by atomic mass is 10.1. The maximum absolute atomic E-state index is 6.10. The molecule has 0 bridgehead atoms. The minimum absolute atomic E-state index is 0.284. The molecule has 4 heteroatoms. The Kier molecular flexibility index (Phi) is 3.22. The van der Waals surface area contributed by atoms with E-state index in [1.165, 1.54) is 0 Å². The molecule has 2 heterocycles. The van der Waals surface area contributed by atoms with Gasteiger partial charge in [-0.15, -0.1) is 0 Å². The third-order valence-corrected chi connectivity index (χ3v) is 3.78. The number of hydrogen-bond acceptors (Lipinski definition) is 3. The number of fused-ring (bicyclic) bond motifs is 1. The van der Waals surface area contributed by atoms with Crippen LogP contribution in [0.25, 0.3) is 11.0 Å². The molecule has 1 atom stereocenters. The van der Waals surface area contributed by atoms with E-state index in [0.29, 0.717) is 5.95 Å². The van der Waals surface area contributed by atoms with Crippen molar-refractivity contribution < 1.29 is 4.42 Å². The molecule has 3 rings (SSSR count). The number of rotatable bonds is 4. The Labute approximate surface area is 118 Å². The fraction of sp³-hybridized carbons (Fsp3) is 0.312. The van der Waals surface area contributed by atoms with Gasteiger partial charge in [-0.25, -0.2) is 4.98 Å². The lowest BCUT2D eigenvalue weighted by molar-refractivity contribution is 0.460. The van der Waals surface area contributed by atoms with Crippen LogP contribution in [-0.2, 0) is 6.42 Å². The number of aryl methyl sites for hydroxylation is 2. The van der Waals surface area contributed by atoms with Crippen LogP contribution in [0.15, 0.2) is 41.0 Å². The van der Waals surface area contributed by atoms with Gasteiger partial charge in [0, 0.05) is 12.5 Å².